The number of hydrogen-bond acceptors (Lipinski definition) is 13. The number of pyridine rings is 2. The van der Waals surface area contributed by atoms with Gasteiger partial charge in [-0.15, -0.1) is 0 Å². The summed E-state index contributed by atoms with van der Waals surface area (Å²) in [6.07, 6.45) is -3.25. The molecular formula is C35H43N5O11. The number of alkyl carbamates (subject to hydrolysis) is 1. The fraction of sp³-hybridized carbons (Fsp3) is 0.486. The molecule has 0 saturated carbocycles. The van der Waals surface area contributed by atoms with Crippen molar-refractivity contribution in [1.82, 2.24) is 20.2 Å². The Kier molecular flexibility index (Phi) is 11.1. The minimum absolute atomic E-state index is 0.0448. The van der Waals surface area contributed by atoms with Crippen LogP contribution in [0.2, 0.25) is 0 Å². The Morgan fingerprint density at radius 3 is 2.63 bits per heavy atom. The lowest BCUT2D eigenvalue weighted by molar-refractivity contribution is -0.232. The van der Waals surface area contributed by atoms with Crippen LogP contribution >= 0.6 is 0 Å². The quantitative estimate of drug-likeness (QED) is 0.0883. The molecule has 1 aromatic carbocycles. The summed E-state index contributed by atoms with van der Waals surface area (Å²) < 4.78 is 28.9. The minimum Gasteiger partial charge on any atom is -0.457 e. The van der Waals surface area contributed by atoms with E-state index in [9.17, 15) is 24.0 Å². The number of rotatable bonds is 13. The van der Waals surface area contributed by atoms with E-state index in [0.29, 0.717) is 11.4 Å². The molecule has 2 unspecified atom stereocenters. The van der Waals surface area contributed by atoms with E-state index >= 15 is 0 Å². The smallest absolute Gasteiger partial charge is 0.407 e. The molecule has 5 N–H and O–H groups in total. The van der Waals surface area contributed by atoms with Gasteiger partial charge in [0.1, 0.15) is 25.5 Å². The lowest BCUT2D eigenvalue weighted by Crippen LogP contribution is -2.50. The van der Waals surface area contributed by atoms with Crippen LogP contribution in [0.4, 0.5) is 4.79 Å². The van der Waals surface area contributed by atoms with E-state index in [1.807, 2.05) is 30.3 Å². The second kappa shape index (κ2) is 15.1. The van der Waals surface area contributed by atoms with E-state index in [1.165, 1.54) is 6.92 Å². The number of fused-ring (bicyclic) bond motifs is 5. The Morgan fingerprint density at radius 1 is 1.18 bits per heavy atom. The molecular weight excluding hydrogens is 666 g/mol. The highest BCUT2D eigenvalue weighted by atomic mass is 16.7. The topological polar surface area (TPSA) is 220 Å². The van der Waals surface area contributed by atoms with Crippen LogP contribution in [0.5, 0.6) is 0 Å². The Labute approximate surface area is 293 Å². The van der Waals surface area contributed by atoms with E-state index in [0.717, 1.165) is 16.5 Å². The predicted octanol–water partition coefficient (Wildman–Crippen LogP) is 1.69. The first-order chi connectivity index (χ1) is 24.2. The fourth-order valence-corrected chi connectivity index (χ4v) is 5.92. The molecule has 5 rings (SSSR count). The largest absolute Gasteiger partial charge is 0.457 e. The van der Waals surface area contributed by atoms with E-state index in [2.05, 4.69) is 10.6 Å². The molecule has 274 valence electrons. The average Bonchev–Trinajstić information content (AvgIpc) is 3.44. The summed E-state index contributed by atoms with van der Waals surface area (Å²) in [5.74, 6) is -2.37. The summed E-state index contributed by atoms with van der Waals surface area (Å²) in [5.41, 5.74) is 5.71. The highest BCUT2D eigenvalue weighted by Gasteiger charge is 2.51. The van der Waals surface area contributed by atoms with Crippen molar-refractivity contribution in [2.24, 2.45) is 5.73 Å². The van der Waals surface area contributed by atoms with E-state index < -0.39 is 60.3 Å². The first-order valence-corrected chi connectivity index (χ1v) is 16.6. The standard InChI is InChI=1S/C35H43N5O11/c1-6-35(51-31(44)19(2)38-27(42)11-12-37-33(46)48-18-28(49-26(36)16-41)50-34(3,4)5)23-14-25-29-21(13-20-9-7-8-10-24(20)39-29)15-40(25)30(43)22(23)17-47-32(35)45/h7-10,13-14,19,26,28,41H,6,11-12,15-18,36H2,1-5H3,(H,37,46)(H,38,42)/t19-,26?,28?,35-/m0/s1. The Hall–Kier alpha value is -4.90. The van der Waals surface area contributed by atoms with Crippen LogP contribution in [-0.4, -0.2) is 82.5 Å². The summed E-state index contributed by atoms with van der Waals surface area (Å²) >= 11 is 0. The van der Waals surface area contributed by atoms with Crippen LogP contribution in [0.3, 0.4) is 0 Å². The van der Waals surface area contributed by atoms with Gasteiger partial charge < -0.3 is 49.7 Å². The van der Waals surface area contributed by atoms with Crippen molar-refractivity contribution < 1.29 is 48.0 Å². The zero-order valence-corrected chi connectivity index (χ0v) is 29.1. The number of carbonyl (C=O) groups excluding carboxylic acids is 4. The number of cyclic esters (lactones) is 1. The molecule has 2 amide bonds. The molecule has 0 bridgehead atoms. The van der Waals surface area contributed by atoms with Crippen molar-refractivity contribution in [3.05, 3.63) is 63.4 Å². The molecule has 0 aliphatic carbocycles. The summed E-state index contributed by atoms with van der Waals surface area (Å²) in [4.78, 5) is 70.2. The summed E-state index contributed by atoms with van der Waals surface area (Å²) in [5, 5.41) is 15.0. The van der Waals surface area contributed by atoms with Crippen LogP contribution in [0.1, 0.15) is 64.2 Å². The Balaban J connectivity index is 1.22. The number of nitrogens with one attached hydrogen (secondary N) is 2. The molecule has 2 aliphatic heterocycles. The van der Waals surface area contributed by atoms with Crippen LogP contribution in [0.15, 0.2) is 41.2 Å². The molecule has 0 radical (unpaired) electrons. The van der Waals surface area contributed by atoms with Crippen LogP contribution in [-0.2, 0) is 56.8 Å². The minimum atomic E-state index is -1.94. The predicted molar refractivity (Wildman–Crippen MR) is 181 cm³/mol. The number of carbonyl (C=O) groups is 4. The van der Waals surface area contributed by atoms with Gasteiger partial charge in [0.05, 0.1) is 41.2 Å². The van der Waals surface area contributed by atoms with Gasteiger partial charge in [0.25, 0.3) is 5.56 Å². The van der Waals surface area contributed by atoms with Crippen molar-refractivity contribution >= 4 is 34.8 Å². The number of nitrogens with two attached hydrogens (primary N) is 1. The Morgan fingerprint density at radius 2 is 1.92 bits per heavy atom. The second-order valence-electron chi connectivity index (χ2n) is 13.3. The average molecular weight is 710 g/mol. The van der Waals surface area contributed by atoms with Crippen LogP contribution in [0.25, 0.3) is 22.3 Å². The van der Waals surface area contributed by atoms with Gasteiger partial charge in [-0.2, -0.15) is 0 Å². The number of aliphatic hydroxyl groups is 1. The molecule has 51 heavy (non-hydrogen) atoms. The van der Waals surface area contributed by atoms with Crippen molar-refractivity contribution in [1.29, 1.82) is 0 Å². The third-order valence-electron chi connectivity index (χ3n) is 8.35. The van der Waals surface area contributed by atoms with Crippen molar-refractivity contribution in [2.75, 3.05) is 19.8 Å². The lowest BCUT2D eigenvalue weighted by Gasteiger charge is -2.36. The van der Waals surface area contributed by atoms with Crippen LogP contribution in [0, 0.1) is 0 Å². The number of aliphatic hydroxyl groups excluding tert-OH is 1. The highest BCUT2D eigenvalue weighted by molar-refractivity contribution is 5.90. The molecule has 4 atom stereocenters. The molecule has 16 nitrogen and oxygen atoms in total. The van der Waals surface area contributed by atoms with Gasteiger partial charge in [0.15, 0.2) is 6.29 Å². The molecule has 0 spiro atoms. The molecule has 16 heteroatoms. The summed E-state index contributed by atoms with van der Waals surface area (Å²) in [6.45, 7) is 7.34. The third-order valence-corrected chi connectivity index (χ3v) is 8.35. The zero-order valence-electron chi connectivity index (χ0n) is 29.1. The number of amides is 2. The molecule has 2 aromatic heterocycles. The number of hydrogen-bond donors (Lipinski definition) is 4. The number of benzene rings is 1. The Bertz CT molecular complexity index is 1890. The van der Waals surface area contributed by atoms with Crippen molar-refractivity contribution in [3.63, 3.8) is 0 Å². The van der Waals surface area contributed by atoms with Gasteiger partial charge in [0, 0.05) is 29.5 Å². The van der Waals surface area contributed by atoms with Gasteiger partial charge >= 0.3 is 18.0 Å². The van der Waals surface area contributed by atoms with Gasteiger partial charge in [0.2, 0.25) is 11.5 Å². The number of nitrogens with zero attached hydrogens (tertiary/aromatic N) is 2. The monoisotopic (exact) mass is 709 g/mol. The van der Waals surface area contributed by atoms with Gasteiger partial charge in [-0.05, 0) is 52.3 Å². The maximum absolute atomic E-state index is 13.8. The number of para-hydroxylation sites is 1. The highest BCUT2D eigenvalue weighted by Crippen LogP contribution is 2.41. The van der Waals surface area contributed by atoms with E-state index in [1.54, 1.807) is 38.3 Å². The van der Waals surface area contributed by atoms with E-state index in [-0.39, 0.29) is 55.8 Å². The van der Waals surface area contributed by atoms with Gasteiger partial charge in [-0.1, -0.05) is 25.1 Å². The molecule has 4 heterocycles. The third kappa shape index (κ3) is 8.20. The SMILES string of the molecule is CC[C@@]1(OC(=O)[C@H](C)NC(=O)CCNC(=O)OCC(OC(N)CO)OC(C)(C)C)C(=O)OCc2c1cc1n(c2=O)Cc2cc3ccccc3nc2-1. The fourth-order valence-electron chi connectivity index (χ4n) is 5.92. The zero-order chi connectivity index (χ0) is 37.1. The van der Waals surface area contributed by atoms with Gasteiger partial charge in [-0.3, -0.25) is 9.59 Å². The number of aromatic nitrogens is 2. The number of esters is 2. The maximum Gasteiger partial charge on any atom is 0.407 e. The lowest BCUT2D eigenvalue weighted by atomic mass is 9.85. The van der Waals surface area contributed by atoms with E-state index in [4.69, 9.17) is 39.5 Å². The van der Waals surface area contributed by atoms with Gasteiger partial charge in [-0.25, -0.2) is 19.4 Å². The van der Waals surface area contributed by atoms with Crippen LogP contribution < -0.4 is 21.9 Å². The van der Waals surface area contributed by atoms with Crippen molar-refractivity contribution in [2.45, 2.75) is 90.4 Å². The first-order valence-electron chi connectivity index (χ1n) is 16.6. The normalized spacial score (nSPS) is 18.1. The molecule has 3 aromatic rings. The number of ether oxygens (including phenoxy) is 5. The summed E-state index contributed by atoms with van der Waals surface area (Å²) in [6, 6.07) is 10.0. The molecule has 0 fully saturated rings. The first kappa shape index (κ1) is 37.4. The molecule has 0 saturated heterocycles. The maximum atomic E-state index is 13.8. The molecule has 2 aliphatic rings. The van der Waals surface area contributed by atoms with Crippen molar-refractivity contribution in [3.8, 4) is 11.4 Å². The second-order valence-corrected chi connectivity index (χ2v) is 13.3. The summed E-state index contributed by atoms with van der Waals surface area (Å²) in [7, 11) is 0.